The topological polar surface area (TPSA) is 44.8 Å². The van der Waals surface area contributed by atoms with Crippen molar-refractivity contribution in [2.24, 2.45) is 0 Å². The zero-order valence-corrected chi connectivity index (χ0v) is 17.0. The number of benzene rings is 2. The second-order valence-corrected chi connectivity index (χ2v) is 8.11. The van der Waals surface area contributed by atoms with Gasteiger partial charge in [0.05, 0.1) is 24.7 Å². The smallest absolute Gasteiger partial charge is 0.469 e. The molecule has 1 aliphatic heterocycles. The summed E-state index contributed by atoms with van der Waals surface area (Å²) in [5.74, 6) is -0.231. The maximum atomic E-state index is 11.4. The number of hydrogen-bond acceptors (Lipinski definition) is 4. The molecule has 1 aliphatic rings. The molecule has 0 spiro atoms. The fourth-order valence-electron chi connectivity index (χ4n) is 3.14. The second kappa shape index (κ2) is 7.14. The molecule has 3 rings (SSSR count). The Morgan fingerprint density at radius 1 is 0.963 bits per heavy atom. The van der Waals surface area contributed by atoms with Crippen LogP contribution in [0.4, 0.5) is 0 Å². The van der Waals surface area contributed by atoms with Crippen molar-refractivity contribution in [3.05, 3.63) is 53.6 Å². The molecular formula is C22H27BO4. The summed E-state index contributed by atoms with van der Waals surface area (Å²) in [4.78, 5) is 11.4. The van der Waals surface area contributed by atoms with Crippen LogP contribution in [0.3, 0.4) is 0 Å². The van der Waals surface area contributed by atoms with Gasteiger partial charge in [0.2, 0.25) is 0 Å². The zero-order chi connectivity index (χ0) is 19.8. The molecule has 4 nitrogen and oxygen atoms in total. The summed E-state index contributed by atoms with van der Waals surface area (Å²) < 4.78 is 17.1. The Morgan fingerprint density at radius 3 is 2.04 bits per heavy atom. The Hall–Kier alpha value is -2.11. The van der Waals surface area contributed by atoms with Gasteiger partial charge in [0, 0.05) is 0 Å². The third-order valence-corrected chi connectivity index (χ3v) is 5.64. The third kappa shape index (κ3) is 3.94. The molecule has 1 saturated heterocycles. The summed E-state index contributed by atoms with van der Waals surface area (Å²) in [5, 5.41) is 0. The first-order valence-electron chi connectivity index (χ1n) is 9.25. The van der Waals surface area contributed by atoms with Gasteiger partial charge in [0.25, 0.3) is 0 Å². The van der Waals surface area contributed by atoms with E-state index in [1.807, 2.05) is 24.3 Å². The molecule has 0 aliphatic carbocycles. The van der Waals surface area contributed by atoms with E-state index in [1.165, 1.54) is 7.11 Å². The molecule has 0 unspecified atom stereocenters. The van der Waals surface area contributed by atoms with Crippen LogP contribution in [-0.4, -0.2) is 31.4 Å². The number of ether oxygens (including phenoxy) is 1. The maximum absolute atomic E-state index is 11.4. The third-order valence-electron chi connectivity index (χ3n) is 5.64. The van der Waals surface area contributed by atoms with Gasteiger partial charge in [-0.1, -0.05) is 48.0 Å². The number of carbonyl (C=O) groups excluding carboxylic acids is 1. The van der Waals surface area contributed by atoms with Gasteiger partial charge in [-0.05, 0) is 56.8 Å². The van der Waals surface area contributed by atoms with Crippen LogP contribution >= 0.6 is 0 Å². The fourth-order valence-corrected chi connectivity index (χ4v) is 3.14. The first-order chi connectivity index (χ1) is 12.6. The van der Waals surface area contributed by atoms with Crippen molar-refractivity contribution in [1.29, 1.82) is 0 Å². The molecule has 0 bridgehead atoms. The largest absolute Gasteiger partial charge is 0.495 e. The Balaban J connectivity index is 1.80. The monoisotopic (exact) mass is 366 g/mol. The van der Waals surface area contributed by atoms with Gasteiger partial charge < -0.3 is 14.0 Å². The highest BCUT2D eigenvalue weighted by atomic mass is 16.7. The number of rotatable bonds is 4. The zero-order valence-electron chi connectivity index (χ0n) is 17.0. The summed E-state index contributed by atoms with van der Waals surface area (Å²) in [7, 11) is 1.05. The first kappa shape index (κ1) is 19.7. The van der Waals surface area contributed by atoms with Crippen LogP contribution in [0.5, 0.6) is 0 Å². The minimum atomic E-state index is -0.355. The van der Waals surface area contributed by atoms with E-state index in [2.05, 4.69) is 52.8 Å². The number of aryl methyl sites for hydroxylation is 1. The molecule has 0 aromatic heterocycles. The lowest BCUT2D eigenvalue weighted by atomic mass is 9.75. The van der Waals surface area contributed by atoms with Gasteiger partial charge in [-0.2, -0.15) is 0 Å². The van der Waals surface area contributed by atoms with Crippen molar-refractivity contribution in [1.82, 2.24) is 0 Å². The van der Waals surface area contributed by atoms with E-state index < -0.39 is 0 Å². The number of hydrogen-bond donors (Lipinski definition) is 0. The normalized spacial score (nSPS) is 17.8. The number of methoxy groups -OCH3 is 1. The maximum Gasteiger partial charge on any atom is 0.495 e. The van der Waals surface area contributed by atoms with Crippen molar-refractivity contribution < 1.29 is 18.8 Å². The van der Waals surface area contributed by atoms with E-state index >= 15 is 0 Å². The van der Waals surface area contributed by atoms with Gasteiger partial charge in [0.15, 0.2) is 0 Å². The summed E-state index contributed by atoms with van der Waals surface area (Å²) in [6.07, 6.45) is 0.288. The van der Waals surface area contributed by atoms with Crippen molar-refractivity contribution in [2.45, 2.75) is 52.2 Å². The van der Waals surface area contributed by atoms with Gasteiger partial charge in [-0.25, -0.2) is 0 Å². The molecule has 0 radical (unpaired) electrons. The van der Waals surface area contributed by atoms with Crippen LogP contribution in [0.15, 0.2) is 42.5 Å². The van der Waals surface area contributed by atoms with E-state index in [1.54, 1.807) is 0 Å². The molecule has 27 heavy (non-hydrogen) atoms. The predicted molar refractivity (Wildman–Crippen MR) is 108 cm³/mol. The van der Waals surface area contributed by atoms with Gasteiger partial charge in [0.1, 0.15) is 0 Å². The molecule has 0 N–H and O–H groups in total. The van der Waals surface area contributed by atoms with E-state index in [4.69, 9.17) is 14.0 Å². The van der Waals surface area contributed by atoms with Crippen LogP contribution in [-0.2, 0) is 25.3 Å². The highest BCUT2D eigenvalue weighted by Gasteiger charge is 2.52. The van der Waals surface area contributed by atoms with Gasteiger partial charge in [-0.15, -0.1) is 0 Å². The molecule has 0 atom stereocenters. The average molecular weight is 366 g/mol. The minimum absolute atomic E-state index is 0.231. The molecule has 2 aromatic rings. The predicted octanol–water partition coefficient (Wildman–Crippen LogP) is 3.68. The van der Waals surface area contributed by atoms with E-state index in [9.17, 15) is 4.79 Å². The second-order valence-electron chi connectivity index (χ2n) is 8.11. The summed E-state index contributed by atoms with van der Waals surface area (Å²) in [6.45, 7) is 10.3. The number of esters is 1. The molecule has 1 heterocycles. The Kier molecular flexibility index (Phi) is 5.19. The summed E-state index contributed by atoms with van der Waals surface area (Å²) in [5.41, 5.74) is 4.65. The summed E-state index contributed by atoms with van der Waals surface area (Å²) in [6, 6.07) is 14.3. The highest BCUT2D eigenvalue weighted by Crippen LogP contribution is 2.36. The lowest BCUT2D eigenvalue weighted by molar-refractivity contribution is -0.139. The molecule has 1 fully saturated rings. The molecule has 142 valence electrons. The van der Waals surface area contributed by atoms with Crippen molar-refractivity contribution in [2.75, 3.05) is 7.11 Å². The Labute approximate surface area is 162 Å². The molecule has 2 aromatic carbocycles. The van der Waals surface area contributed by atoms with Gasteiger partial charge >= 0.3 is 13.1 Å². The Morgan fingerprint density at radius 2 is 1.52 bits per heavy atom. The van der Waals surface area contributed by atoms with Crippen LogP contribution in [0.1, 0.15) is 38.8 Å². The minimum Gasteiger partial charge on any atom is -0.469 e. The molecule has 0 amide bonds. The van der Waals surface area contributed by atoms with Crippen molar-refractivity contribution in [3.8, 4) is 11.1 Å². The summed E-state index contributed by atoms with van der Waals surface area (Å²) >= 11 is 0. The Bertz CT molecular complexity index is 824. The fraction of sp³-hybridized carbons (Fsp3) is 0.409. The van der Waals surface area contributed by atoms with E-state index in [0.29, 0.717) is 0 Å². The van der Waals surface area contributed by atoms with Crippen molar-refractivity contribution in [3.63, 3.8) is 0 Å². The highest BCUT2D eigenvalue weighted by molar-refractivity contribution is 6.62. The van der Waals surface area contributed by atoms with E-state index in [-0.39, 0.29) is 30.7 Å². The molecule has 5 heteroatoms. The van der Waals surface area contributed by atoms with Crippen molar-refractivity contribution >= 4 is 18.6 Å². The van der Waals surface area contributed by atoms with Crippen LogP contribution in [0.2, 0.25) is 0 Å². The average Bonchev–Trinajstić information content (AvgIpc) is 2.82. The van der Waals surface area contributed by atoms with Crippen LogP contribution < -0.4 is 5.46 Å². The van der Waals surface area contributed by atoms with Crippen LogP contribution in [0.25, 0.3) is 11.1 Å². The lowest BCUT2D eigenvalue weighted by Crippen LogP contribution is -2.41. The first-order valence-corrected chi connectivity index (χ1v) is 9.25. The quantitative estimate of drug-likeness (QED) is 0.612. The lowest BCUT2D eigenvalue weighted by Gasteiger charge is -2.32. The number of carbonyl (C=O) groups is 1. The standard InChI is InChI=1S/C22H27BO4/c1-15-13-18(17-9-7-16(8-10-17)14-20(24)25-6)11-12-19(15)23-26-21(2,3)22(4,5)27-23/h7-13H,14H2,1-6H3. The molecule has 0 saturated carbocycles. The van der Waals surface area contributed by atoms with Crippen LogP contribution in [0, 0.1) is 6.92 Å². The van der Waals surface area contributed by atoms with E-state index in [0.717, 1.165) is 27.7 Å². The molecular weight excluding hydrogens is 339 g/mol. The van der Waals surface area contributed by atoms with Gasteiger partial charge in [-0.3, -0.25) is 4.79 Å². The SMILES string of the molecule is COC(=O)Cc1ccc(-c2ccc(B3OC(C)(C)C(C)(C)O3)c(C)c2)cc1.